The summed E-state index contributed by atoms with van der Waals surface area (Å²) in [7, 11) is 0. The summed E-state index contributed by atoms with van der Waals surface area (Å²) >= 11 is 0. The van der Waals surface area contributed by atoms with Crippen LogP contribution in [0.25, 0.3) is 16.6 Å². The van der Waals surface area contributed by atoms with Crippen LogP contribution in [0.5, 0.6) is 5.88 Å². The molecule has 0 saturated heterocycles. The number of ether oxygens (including phenoxy) is 1. The van der Waals surface area contributed by atoms with E-state index in [0.717, 1.165) is 48.7 Å². The van der Waals surface area contributed by atoms with Crippen molar-refractivity contribution in [2.45, 2.75) is 57.8 Å². The molecule has 5 rings (SSSR count). The first kappa shape index (κ1) is 22.0. The van der Waals surface area contributed by atoms with E-state index < -0.39 is 11.9 Å². The molecule has 0 bridgehead atoms. The third-order valence-corrected chi connectivity index (χ3v) is 6.53. The number of halogens is 1. The van der Waals surface area contributed by atoms with Gasteiger partial charge in [0.1, 0.15) is 23.6 Å². The minimum atomic E-state index is -0.508. The number of pyridine rings is 2. The maximum atomic E-state index is 13.2. The third kappa shape index (κ3) is 4.01. The Kier molecular flexibility index (Phi) is 5.75. The number of nitriles is 1. The summed E-state index contributed by atoms with van der Waals surface area (Å²) in [5, 5.41) is 28.7. The molecule has 1 N–H and O–H groups in total. The Morgan fingerprint density at radius 3 is 2.68 bits per heavy atom. The minimum Gasteiger partial charge on any atom is -0.466 e. The summed E-state index contributed by atoms with van der Waals surface area (Å²) in [6, 6.07) is 9.14. The van der Waals surface area contributed by atoms with Crippen LogP contribution in [-0.2, 0) is 0 Å². The SMILES string of the molecule is Cc1c(-c2ccc3c(C#N)c(O[C@H](C)c4ccc(F)cn4)nn3c2)cnn1C1CCC(O)CC1. The van der Waals surface area contributed by atoms with Gasteiger partial charge in [0.25, 0.3) is 5.88 Å². The molecule has 1 fully saturated rings. The molecule has 1 aliphatic carbocycles. The van der Waals surface area contributed by atoms with Gasteiger partial charge in [-0.25, -0.2) is 8.91 Å². The van der Waals surface area contributed by atoms with Crippen molar-refractivity contribution in [1.82, 2.24) is 24.4 Å². The van der Waals surface area contributed by atoms with Gasteiger partial charge in [0.2, 0.25) is 0 Å². The van der Waals surface area contributed by atoms with E-state index in [9.17, 15) is 14.8 Å². The number of nitrogens with zero attached hydrogens (tertiary/aromatic N) is 6. The quantitative estimate of drug-likeness (QED) is 0.470. The van der Waals surface area contributed by atoms with Crippen LogP contribution in [0.15, 0.2) is 42.9 Å². The molecule has 4 heterocycles. The van der Waals surface area contributed by atoms with Crippen LogP contribution in [0.1, 0.15) is 61.7 Å². The Labute approximate surface area is 196 Å². The fourth-order valence-electron chi connectivity index (χ4n) is 4.61. The number of aliphatic hydroxyl groups excluding tert-OH is 1. The zero-order chi connectivity index (χ0) is 23.8. The number of aromatic nitrogens is 5. The van der Waals surface area contributed by atoms with Crippen molar-refractivity contribution in [3.63, 3.8) is 0 Å². The van der Waals surface area contributed by atoms with Gasteiger partial charge in [-0.1, -0.05) is 6.07 Å². The Morgan fingerprint density at radius 2 is 1.97 bits per heavy atom. The number of fused-ring (bicyclic) bond motifs is 1. The lowest BCUT2D eigenvalue weighted by molar-refractivity contribution is 0.107. The molecule has 4 aromatic rings. The summed E-state index contributed by atoms with van der Waals surface area (Å²) in [5.74, 6) is -0.222. The highest BCUT2D eigenvalue weighted by atomic mass is 19.1. The van der Waals surface area contributed by atoms with Crippen molar-refractivity contribution in [1.29, 1.82) is 5.26 Å². The number of rotatable bonds is 5. The molecule has 0 spiro atoms. The van der Waals surface area contributed by atoms with Gasteiger partial charge in [0.15, 0.2) is 0 Å². The summed E-state index contributed by atoms with van der Waals surface area (Å²) < 4.78 is 22.8. The van der Waals surface area contributed by atoms with Crippen LogP contribution >= 0.6 is 0 Å². The van der Waals surface area contributed by atoms with Crippen molar-refractivity contribution in [2.24, 2.45) is 0 Å². The molecule has 8 nitrogen and oxygen atoms in total. The van der Waals surface area contributed by atoms with Gasteiger partial charge in [-0.05, 0) is 57.7 Å². The molecule has 0 radical (unpaired) electrons. The normalized spacial score (nSPS) is 19.1. The average Bonchev–Trinajstić information content (AvgIpc) is 3.39. The maximum absolute atomic E-state index is 13.2. The number of hydrogen-bond acceptors (Lipinski definition) is 6. The molecule has 1 saturated carbocycles. The van der Waals surface area contributed by atoms with Gasteiger partial charge < -0.3 is 9.84 Å². The highest BCUT2D eigenvalue weighted by Crippen LogP contribution is 2.33. The Bertz CT molecular complexity index is 1360. The van der Waals surface area contributed by atoms with E-state index >= 15 is 0 Å². The predicted octanol–water partition coefficient (Wildman–Crippen LogP) is 4.53. The van der Waals surface area contributed by atoms with Crippen molar-refractivity contribution in [2.75, 3.05) is 0 Å². The second-order valence-electron chi connectivity index (χ2n) is 8.75. The standard InChI is InChI=1S/C25H25FN6O2/c1-15-22(13-29-32(15)19-5-7-20(33)8-6-19)17-3-10-24-21(11-27)25(30-31(24)14-17)34-16(2)23-9-4-18(26)12-28-23/h3-4,9-10,12-14,16,19-20,33H,5-8H2,1-2H3/t16-,19?,20?/m1/s1. The zero-order valence-corrected chi connectivity index (χ0v) is 19.0. The second kappa shape index (κ2) is 8.88. The van der Waals surface area contributed by atoms with E-state index in [1.807, 2.05) is 31.5 Å². The number of hydrogen-bond donors (Lipinski definition) is 1. The minimum absolute atomic E-state index is 0.200. The zero-order valence-electron chi connectivity index (χ0n) is 19.0. The molecular formula is C25H25FN6O2. The first-order chi connectivity index (χ1) is 16.4. The second-order valence-corrected chi connectivity index (χ2v) is 8.75. The van der Waals surface area contributed by atoms with E-state index in [4.69, 9.17) is 4.74 Å². The first-order valence-electron chi connectivity index (χ1n) is 11.4. The largest absolute Gasteiger partial charge is 0.466 e. The summed E-state index contributed by atoms with van der Waals surface area (Å²) in [5.41, 5.74) is 4.48. The van der Waals surface area contributed by atoms with Gasteiger partial charge in [-0.15, -0.1) is 5.10 Å². The van der Waals surface area contributed by atoms with Crippen LogP contribution < -0.4 is 4.74 Å². The molecule has 0 amide bonds. The molecular weight excluding hydrogens is 435 g/mol. The molecule has 0 aliphatic heterocycles. The lowest BCUT2D eigenvalue weighted by Gasteiger charge is -2.26. The Morgan fingerprint density at radius 1 is 1.18 bits per heavy atom. The lowest BCUT2D eigenvalue weighted by atomic mass is 9.93. The van der Waals surface area contributed by atoms with Crippen molar-refractivity contribution >= 4 is 5.52 Å². The van der Waals surface area contributed by atoms with Crippen LogP contribution in [-0.4, -0.2) is 35.6 Å². The fraction of sp³-hybridized carbons (Fsp3) is 0.360. The summed E-state index contributed by atoms with van der Waals surface area (Å²) in [4.78, 5) is 4.05. The predicted molar refractivity (Wildman–Crippen MR) is 123 cm³/mol. The van der Waals surface area contributed by atoms with Crippen molar-refractivity contribution < 1.29 is 14.2 Å². The van der Waals surface area contributed by atoms with E-state index in [0.29, 0.717) is 16.8 Å². The summed E-state index contributed by atoms with van der Waals surface area (Å²) in [6.45, 7) is 3.83. The van der Waals surface area contributed by atoms with Crippen molar-refractivity contribution in [3.8, 4) is 23.1 Å². The van der Waals surface area contributed by atoms with Gasteiger partial charge >= 0.3 is 0 Å². The van der Waals surface area contributed by atoms with Gasteiger partial charge in [-0.3, -0.25) is 9.67 Å². The first-order valence-corrected chi connectivity index (χ1v) is 11.4. The summed E-state index contributed by atoms with van der Waals surface area (Å²) in [6.07, 6.45) is 7.55. The van der Waals surface area contributed by atoms with Crippen LogP contribution in [0.2, 0.25) is 0 Å². The topological polar surface area (TPSA) is 101 Å². The third-order valence-electron chi connectivity index (χ3n) is 6.53. The highest BCUT2D eigenvalue weighted by molar-refractivity contribution is 5.71. The molecule has 0 unspecified atom stereocenters. The molecule has 1 aliphatic rings. The molecule has 34 heavy (non-hydrogen) atoms. The van der Waals surface area contributed by atoms with Crippen LogP contribution in [0, 0.1) is 24.1 Å². The fourth-order valence-corrected chi connectivity index (χ4v) is 4.61. The molecule has 0 aromatic carbocycles. The van der Waals surface area contributed by atoms with Crippen molar-refractivity contribution in [3.05, 3.63) is 65.6 Å². The van der Waals surface area contributed by atoms with Gasteiger partial charge in [0, 0.05) is 23.0 Å². The van der Waals surface area contributed by atoms with E-state index in [2.05, 4.69) is 25.9 Å². The highest BCUT2D eigenvalue weighted by Gasteiger charge is 2.24. The van der Waals surface area contributed by atoms with Gasteiger partial charge in [0.05, 0.1) is 35.8 Å². The van der Waals surface area contributed by atoms with E-state index in [1.165, 1.54) is 6.07 Å². The Hall–Kier alpha value is -3.77. The molecule has 1 atom stereocenters. The van der Waals surface area contributed by atoms with E-state index in [-0.39, 0.29) is 18.0 Å². The van der Waals surface area contributed by atoms with E-state index in [1.54, 1.807) is 17.5 Å². The monoisotopic (exact) mass is 460 g/mol. The average molecular weight is 461 g/mol. The molecule has 174 valence electrons. The lowest BCUT2D eigenvalue weighted by Crippen LogP contribution is -2.22. The smallest absolute Gasteiger partial charge is 0.252 e. The maximum Gasteiger partial charge on any atom is 0.252 e. The Balaban J connectivity index is 1.44. The van der Waals surface area contributed by atoms with Crippen LogP contribution in [0.3, 0.4) is 0 Å². The van der Waals surface area contributed by atoms with Crippen LogP contribution in [0.4, 0.5) is 4.39 Å². The molecule has 4 aromatic heterocycles. The van der Waals surface area contributed by atoms with Gasteiger partial charge in [-0.2, -0.15) is 10.4 Å². The number of aliphatic hydroxyl groups is 1. The molecule has 9 heteroatoms.